The third-order valence-electron chi connectivity index (χ3n) is 3.07. The van der Waals surface area contributed by atoms with Gasteiger partial charge in [-0.3, -0.25) is 0 Å². The number of alkyl halides is 3. The standard InChI is InChI=1S/C14H9Cl2F3N4/c15-9-1-2-12-22-10(7-23(12)6-9)5-21-13-11(16)3-8(4-20-13)14(17,18)19/h1-4,6-7H,5H2,(H,20,21). The Morgan fingerprint density at radius 1 is 1.17 bits per heavy atom. The maximum atomic E-state index is 12.6. The Morgan fingerprint density at radius 3 is 2.65 bits per heavy atom. The molecule has 0 amide bonds. The van der Waals surface area contributed by atoms with Crippen LogP contribution in [0.3, 0.4) is 0 Å². The van der Waals surface area contributed by atoms with Crippen molar-refractivity contribution in [2.24, 2.45) is 0 Å². The highest BCUT2D eigenvalue weighted by molar-refractivity contribution is 6.33. The van der Waals surface area contributed by atoms with E-state index in [0.717, 1.165) is 12.3 Å². The molecule has 1 N–H and O–H groups in total. The van der Waals surface area contributed by atoms with Crippen molar-refractivity contribution in [3.8, 4) is 0 Å². The maximum Gasteiger partial charge on any atom is 0.417 e. The van der Waals surface area contributed by atoms with Gasteiger partial charge in [-0.15, -0.1) is 0 Å². The molecule has 0 aromatic carbocycles. The van der Waals surface area contributed by atoms with Gasteiger partial charge in [0, 0.05) is 18.6 Å². The first kappa shape index (κ1) is 15.9. The summed E-state index contributed by atoms with van der Waals surface area (Å²) in [5.74, 6) is 0.162. The van der Waals surface area contributed by atoms with Crippen LogP contribution in [0.15, 0.2) is 36.8 Å². The fourth-order valence-corrected chi connectivity index (χ4v) is 2.40. The van der Waals surface area contributed by atoms with Gasteiger partial charge in [-0.2, -0.15) is 13.2 Å². The summed E-state index contributed by atoms with van der Waals surface area (Å²) in [6.07, 6.45) is -0.281. The van der Waals surface area contributed by atoms with Crippen LogP contribution >= 0.6 is 23.2 Å². The lowest BCUT2D eigenvalue weighted by Gasteiger charge is -2.09. The topological polar surface area (TPSA) is 42.2 Å². The Bertz CT molecular complexity index is 861. The molecule has 0 unspecified atom stereocenters. The summed E-state index contributed by atoms with van der Waals surface area (Å²) in [7, 11) is 0. The normalized spacial score (nSPS) is 11.9. The van der Waals surface area contributed by atoms with Crippen LogP contribution in [0.25, 0.3) is 5.65 Å². The fraction of sp³-hybridized carbons (Fsp3) is 0.143. The van der Waals surface area contributed by atoms with Crippen LogP contribution in [-0.2, 0) is 12.7 Å². The van der Waals surface area contributed by atoms with Crippen molar-refractivity contribution in [2.45, 2.75) is 12.7 Å². The van der Waals surface area contributed by atoms with Crippen LogP contribution in [0.5, 0.6) is 0 Å². The summed E-state index contributed by atoms with van der Waals surface area (Å²) in [5, 5.41) is 3.33. The van der Waals surface area contributed by atoms with Crippen molar-refractivity contribution in [1.82, 2.24) is 14.4 Å². The minimum absolute atomic E-state index is 0.105. The lowest BCUT2D eigenvalue weighted by molar-refractivity contribution is -0.137. The largest absolute Gasteiger partial charge is 0.417 e. The van der Waals surface area contributed by atoms with Gasteiger partial charge in [-0.25, -0.2) is 9.97 Å². The molecule has 0 atom stereocenters. The summed E-state index contributed by atoms with van der Waals surface area (Å²) in [6, 6.07) is 4.31. The zero-order valence-corrected chi connectivity index (χ0v) is 12.9. The molecule has 3 heterocycles. The molecule has 0 bridgehead atoms. The van der Waals surface area contributed by atoms with Crippen LogP contribution in [0.4, 0.5) is 19.0 Å². The van der Waals surface area contributed by atoms with E-state index in [1.165, 1.54) is 0 Å². The van der Waals surface area contributed by atoms with Crippen LogP contribution < -0.4 is 5.32 Å². The van der Waals surface area contributed by atoms with Crippen LogP contribution in [0.1, 0.15) is 11.3 Å². The number of fused-ring (bicyclic) bond motifs is 1. The molecule has 3 aromatic heterocycles. The van der Waals surface area contributed by atoms with Gasteiger partial charge in [0.15, 0.2) is 0 Å². The molecule has 0 radical (unpaired) electrons. The van der Waals surface area contributed by atoms with Crippen molar-refractivity contribution in [1.29, 1.82) is 0 Å². The average Bonchev–Trinajstić information content (AvgIpc) is 2.86. The molecule has 3 rings (SSSR count). The van der Waals surface area contributed by atoms with E-state index < -0.39 is 11.7 Å². The lowest BCUT2D eigenvalue weighted by Crippen LogP contribution is -2.08. The summed E-state index contributed by atoms with van der Waals surface area (Å²) in [6.45, 7) is 0.261. The second-order valence-corrected chi connectivity index (χ2v) is 5.59. The first-order chi connectivity index (χ1) is 10.8. The number of hydrogen-bond donors (Lipinski definition) is 1. The smallest absolute Gasteiger partial charge is 0.363 e. The number of hydrogen-bond acceptors (Lipinski definition) is 3. The summed E-state index contributed by atoms with van der Waals surface area (Å²) in [4.78, 5) is 8.06. The molecule has 0 aliphatic rings. The molecule has 0 saturated carbocycles. The molecule has 3 aromatic rings. The van der Waals surface area contributed by atoms with Gasteiger partial charge >= 0.3 is 6.18 Å². The van der Waals surface area contributed by atoms with Gasteiger partial charge in [0.25, 0.3) is 0 Å². The lowest BCUT2D eigenvalue weighted by atomic mass is 10.3. The number of rotatable bonds is 3. The Kier molecular flexibility index (Phi) is 4.08. The van der Waals surface area contributed by atoms with E-state index in [-0.39, 0.29) is 17.4 Å². The van der Waals surface area contributed by atoms with E-state index in [2.05, 4.69) is 15.3 Å². The molecule has 0 aliphatic carbocycles. The van der Waals surface area contributed by atoms with E-state index in [9.17, 15) is 13.2 Å². The SMILES string of the molecule is FC(F)(F)c1cnc(NCc2cn3cc(Cl)ccc3n2)c(Cl)c1. The van der Waals surface area contributed by atoms with Crippen molar-refractivity contribution < 1.29 is 13.2 Å². The van der Waals surface area contributed by atoms with Gasteiger partial charge in [0.2, 0.25) is 0 Å². The van der Waals surface area contributed by atoms with Gasteiger partial charge in [-0.1, -0.05) is 23.2 Å². The molecule has 23 heavy (non-hydrogen) atoms. The predicted octanol–water partition coefficient (Wildman–Crippen LogP) is 4.67. The molecule has 0 aliphatic heterocycles. The molecule has 9 heteroatoms. The molecular formula is C14H9Cl2F3N4. The summed E-state index contributed by atoms with van der Waals surface area (Å²) < 4.78 is 39.4. The number of halogens is 5. The number of pyridine rings is 2. The second kappa shape index (κ2) is 5.90. The first-order valence-electron chi connectivity index (χ1n) is 6.43. The molecule has 4 nitrogen and oxygen atoms in total. The quantitative estimate of drug-likeness (QED) is 0.738. The van der Waals surface area contributed by atoms with Gasteiger partial charge in [0.1, 0.15) is 11.5 Å². The molecule has 0 saturated heterocycles. The Morgan fingerprint density at radius 2 is 1.96 bits per heavy atom. The van der Waals surface area contributed by atoms with E-state index in [1.54, 1.807) is 28.9 Å². The molecular weight excluding hydrogens is 352 g/mol. The highest BCUT2D eigenvalue weighted by Gasteiger charge is 2.31. The Labute approximate surface area is 138 Å². The average molecular weight is 361 g/mol. The van der Waals surface area contributed by atoms with Crippen LogP contribution in [0.2, 0.25) is 10.0 Å². The minimum atomic E-state index is -4.48. The van der Waals surface area contributed by atoms with Crippen LogP contribution in [0, 0.1) is 0 Å². The van der Waals surface area contributed by atoms with E-state index in [0.29, 0.717) is 16.4 Å². The number of nitrogens with zero attached hydrogens (tertiary/aromatic N) is 3. The molecule has 0 fully saturated rings. The summed E-state index contributed by atoms with van der Waals surface area (Å²) >= 11 is 11.7. The third kappa shape index (κ3) is 3.51. The van der Waals surface area contributed by atoms with Crippen molar-refractivity contribution >= 4 is 34.7 Å². The Hall–Kier alpha value is -1.99. The Balaban J connectivity index is 1.77. The monoisotopic (exact) mass is 360 g/mol. The zero-order chi connectivity index (χ0) is 16.6. The van der Waals surface area contributed by atoms with Crippen molar-refractivity contribution in [3.63, 3.8) is 0 Å². The molecule has 120 valence electrons. The van der Waals surface area contributed by atoms with Crippen molar-refractivity contribution in [3.05, 3.63) is 58.1 Å². The van der Waals surface area contributed by atoms with Gasteiger partial charge in [0.05, 0.1) is 27.8 Å². The third-order valence-corrected chi connectivity index (χ3v) is 3.58. The van der Waals surface area contributed by atoms with E-state index in [1.807, 2.05) is 0 Å². The number of imidazole rings is 1. The highest BCUT2D eigenvalue weighted by Crippen LogP contribution is 2.32. The fourth-order valence-electron chi connectivity index (χ4n) is 2.00. The van der Waals surface area contributed by atoms with Crippen molar-refractivity contribution in [2.75, 3.05) is 5.32 Å². The van der Waals surface area contributed by atoms with E-state index in [4.69, 9.17) is 23.2 Å². The van der Waals surface area contributed by atoms with E-state index >= 15 is 0 Å². The van der Waals surface area contributed by atoms with Gasteiger partial charge < -0.3 is 9.72 Å². The number of anilines is 1. The van der Waals surface area contributed by atoms with Gasteiger partial charge in [-0.05, 0) is 18.2 Å². The van der Waals surface area contributed by atoms with Crippen LogP contribution in [-0.4, -0.2) is 14.4 Å². The number of aromatic nitrogens is 3. The first-order valence-corrected chi connectivity index (χ1v) is 7.18. The summed E-state index contributed by atoms with van der Waals surface area (Å²) in [5.41, 5.74) is 0.484. The highest BCUT2D eigenvalue weighted by atomic mass is 35.5. The zero-order valence-electron chi connectivity index (χ0n) is 11.4. The number of nitrogens with one attached hydrogen (secondary N) is 1. The molecule has 0 spiro atoms. The minimum Gasteiger partial charge on any atom is -0.363 e. The maximum absolute atomic E-state index is 12.6. The predicted molar refractivity (Wildman–Crippen MR) is 81.8 cm³/mol. The second-order valence-electron chi connectivity index (χ2n) is 4.75.